The first-order chi connectivity index (χ1) is 13.6. The average Bonchev–Trinajstić information content (AvgIpc) is 3.16. The van der Waals surface area contributed by atoms with E-state index in [1.165, 1.54) is 4.90 Å². The summed E-state index contributed by atoms with van der Waals surface area (Å²) in [4.78, 5) is 26.2. The Kier molecular flexibility index (Phi) is 5.36. The number of hydrogen-bond donors (Lipinski definition) is 2. The molecule has 2 aromatic rings. The summed E-state index contributed by atoms with van der Waals surface area (Å²) in [5.74, 6) is 1.11. The quantitative estimate of drug-likeness (QED) is 0.803. The molecule has 1 unspecified atom stereocenters. The van der Waals surface area contributed by atoms with Crippen molar-refractivity contribution in [2.45, 2.75) is 19.0 Å². The normalized spacial score (nSPS) is 18.2. The molecule has 2 aliphatic heterocycles. The van der Waals surface area contributed by atoms with E-state index < -0.39 is 0 Å². The van der Waals surface area contributed by atoms with Crippen LogP contribution in [0.4, 0.5) is 0 Å². The Balaban J connectivity index is 1.27. The zero-order chi connectivity index (χ0) is 19.5. The molecule has 2 heterocycles. The van der Waals surface area contributed by atoms with Gasteiger partial charge in [-0.25, -0.2) is 0 Å². The number of amides is 2. The number of nitrogens with one attached hydrogen (secondary N) is 2. The van der Waals surface area contributed by atoms with Crippen LogP contribution in [-0.2, 0) is 16.1 Å². The number of ether oxygens (including phenoxy) is 2. The maximum Gasteiger partial charge on any atom is 0.239 e. The van der Waals surface area contributed by atoms with E-state index in [2.05, 4.69) is 10.6 Å². The van der Waals surface area contributed by atoms with Crippen molar-refractivity contribution in [3.63, 3.8) is 0 Å². The zero-order valence-electron chi connectivity index (χ0n) is 15.1. The van der Waals surface area contributed by atoms with Gasteiger partial charge in [-0.3, -0.25) is 14.9 Å². The summed E-state index contributed by atoms with van der Waals surface area (Å²) >= 11 is 5.91. The van der Waals surface area contributed by atoms with Crippen LogP contribution in [0.2, 0.25) is 5.02 Å². The standard InChI is InChI=1S/C20H20ClN3O4/c21-15-4-2-14(3-5-15)16-8-20(26)24(11-23-16)10-19(25)22-9-13-1-6-17-18(7-13)28-12-27-17/h1-7,16,23H,8-12H2,(H,22,25). The Morgan fingerprint density at radius 1 is 1.18 bits per heavy atom. The van der Waals surface area contributed by atoms with Gasteiger partial charge in [0, 0.05) is 24.0 Å². The van der Waals surface area contributed by atoms with Crippen molar-refractivity contribution in [1.82, 2.24) is 15.5 Å². The Morgan fingerprint density at radius 3 is 2.75 bits per heavy atom. The van der Waals surface area contributed by atoms with Crippen molar-refractivity contribution < 1.29 is 19.1 Å². The predicted molar refractivity (Wildman–Crippen MR) is 103 cm³/mol. The van der Waals surface area contributed by atoms with Gasteiger partial charge in [0.25, 0.3) is 0 Å². The van der Waals surface area contributed by atoms with Gasteiger partial charge in [0.15, 0.2) is 11.5 Å². The summed E-state index contributed by atoms with van der Waals surface area (Å²) in [6, 6.07) is 12.9. The van der Waals surface area contributed by atoms with Crippen molar-refractivity contribution in [2.24, 2.45) is 0 Å². The van der Waals surface area contributed by atoms with E-state index >= 15 is 0 Å². The molecule has 8 heteroatoms. The fourth-order valence-corrected chi connectivity index (χ4v) is 3.37. The predicted octanol–water partition coefficient (Wildman–Crippen LogP) is 2.21. The Hall–Kier alpha value is -2.77. The average molecular weight is 402 g/mol. The highest BCUT2D eigenvalue weighted by atomic mass is 35.5. The van der Waals surface area contributed by atoms with Crippen molar-refractivity contribution >= 4 is 23.4 Å². The molecule has 7 nitrogen and oxygen atoms in total. The molecule has 2 amide bonds. The van der Waals surface area contributed by atoms with E-state index in [1.807, 2.05) is 30.3 Å². The van der Waals surface area contributed by atoms with Crippen LogP contribution in [-0.4, -0.2) is 36.7 Å². The summed E-state index contributed by atoms with van der Waals surface area (Å²) in [6.07, 6.45) is 0.303. The van der Waals surface area contributed by atoms with Crippen LogP contribution in [0.25, 0.3) is 0 Å². The van der Waals surface area contributed by atoms with E-state index in [4.69, 9.17) is 21.1 Å². The number of hydrogen-bond acceptors (Lipinski definition) is 5. The lowest BCUT2D eigenvalue weighted by molar-refractivity contribution is -0.139. The monoisotopic (exact) mass is 401 g/mol. The second-order valence-corrected chi connectivity index (χ2v) is 7.16. The molecular formula is C20H20ClN3O4. The molecular weight excluding hydrogens is 382 g/mol. The number of rotatable bonds is 5. The fourth-order valence-electron chi connectivity index (χ4n) is 3.24. The second kappa shape index (κ2) is 8.08. The summed E-state index contributed by atoms with van der Waals surface area (Å²) in [7, 11) is 0. The molecule has 0 saturated carbocycles. The highest BCUT2D eigenvalue weighted by Crippen LogP contribution is 2.32. The molecule has 0 aromatic heterocycles. The maximum absolute atomic E-state index is 12.4. The molecule has 28 heavy (non-hydrogen) atoms. The van der Waals surface area contributed by atoms with Crippen LogP contribution < -0.4 is 20.1 Å². The topological polar surface area (TPSA) is 79.9 Å². The van der Waals surface area contributed by atoms with Crippen LogP contribution in [0.15, 0.2) is 42.5 Å². The van der Waals surface area contributed by atoms with Crippen LogP contribution in [0.5, 0.6) is 11.5 Å². The lowest BCUT2D eigenvalue weighted by Gasteiger charge is -2.32. The third-order valence-corrected chi connectivity index (χ3v) is 5.05. The minimum Gasteiger partial charge on any atom is -0.454 e. The summed E-state index contributed by atoms with van der Waals surface area (Å²) in [5, 5.41) is 6.79. The molecule has 1 fully saturated rings. The van der Waals surface area contributed by atoms with E-state index in [0.717, 1.165) is 11.1 Å². The highest BCUT2D eigenvalue weighted by molar-refractivity contribution is 6.30. The molecule has 0 radical (unpaired) electrons. The van der Waals surface area contributed by atoms with Crippen LogP contribution in [0.1, 0.15) is 23.6 Å². The van der Waals surface area contributed by atoms with Crippen molar-refractivity contribution in [1.29, 1.82) is 0 Å². The first kappa shape index (κ1) is 18.6. The zero-order valence-corrected chi connectivity index (χ0v) is 15.9. The number of carbonyl (C=O) groups is 2. The molecule has 0 bridgehead atoms. The van der Waals surface area contributed by atoms with Gasteiger partial charge in [-0.15, -0.1) is 0 Å². The van der Waals surface area contributed by atoms with E-state index in [0.29, 0.717) is 36.2 Å². The van der Waals surface area contributed by atoms with Crippen molar-refractivity contribution in [3.8, 4) is 11.5 Å². The van der Waals surface area contributed by atoms with Gasteiger partial charge < -0.3 is 19.7 Å². The van der Waals surface area contributed by atoms with Gasteiger partial charge in [0.05, 0.1) is 6.67 Å². The molecule has 146 valence electrons. The van der Waals surface area contributed by atoms with Crippen LogP contribution in [0, 0.1) is 0 Å². The Bertz CT molecular complexity index is 888. The molecule has 2 N–H and O–H groups in total. The molecule has 1 saturated heterocycles. The molecule has 0 spiro atoms. The van der Waals surface area contributed by atoms with E-state index in [1.54, 1.807) is 12.1 Å². The fraction of sp³-hybridized carbons (Fsp3) is 0.300. The Morgan fingerprint density at radius 2 is 1.96 bits per heavy atom. The lowest BCUT2D eigenvalue weighted by atomic mass is 10.0. The molecule has 0 aliphatic carbocycles. The highest BCUT2D eigenvalue weighted by Gasteiger charge is 2.27. The molecule has 2 aromatic carbocycles. The van der Waals surface area contributed by atoms with Gasteiger partial charge in [-0.2, -0.15) is 0 Å². The number of fused-ring (bicyclic) bond motifs is 1. The number of carbonyl (C=O) groups excluding carboxylic acids is 2. The first-order valence-corrected chi connectivity index (χ1v) is 9.38. The largest absolute Gasteiger partial charge is 0.454 e. The van der Waals surface area contributed by atoms with Crippen molar-refractivity contribution in [2.75, 3.05) is 20.0 Å². The molecule has 1 atom stereocenters. The Labute approximate surface area is 167 Å². The van der Waals surface area contributed by atoms with E-state index in [-0.39, 0.29) is 31.2 Å². The van der Waals surface area contributed by atoms with Gasteiger partial charge in [-0.05, 0) is 35.4 Å². The SMILES string of the molecule is O=C(CN1CNC(c2ccc(Cl)cc2)CC1=O)NCc1ccc2c(c1)OCO2. The minimum atomic E-state index is -0.210. The summed E-state index contributed by atoms with van der Waals surface area (Å²) in [6.45, 7) is 0.915. The maximum atomic E-state index is 12.4. The molecule has 2 aliphatic rings. The third kappa shape index (κ3) is 4.21. The number of nitrogens with zero attached hydrogens (tertiary/aromatic N) is 1. The van der Waals surface area contributed by atoms with Gasteiger partial charge in [0.1, 0.15) is 6.54 Å². The van der Waals surface area contributed by atoms with Gasteiger partial charge >= 0.3 is 0 Å². The third-order valence-electron chi connectivity index (χ3n) is 4.79. The smallest absolute Gasteiger partial charge is 0.239 e. The van der Waals surface area contributed by atoms with Gasteiger partial charge in [0.2, 0.25) is 18.6 Å². The van der Waals surface area contributed by atoms with E-state index in [9.17, 15) is 9.59 Å². The number of halogens is 1. The number of benzene rings is 2. The second-order valence-electron chi connectivity index (χ2n) is 6.73. The molecule has 4 rings (SSSR count). The first-order valence-electron chi connectivity index (χ1n) is 9.00. The summed E-state index contributed by atoms with van der Waals surface area (Å²) < 4.78 is 10.6. The van der Waals surface area contributed by atoms with Crippen molar-refractivity contribution in [3.05, 3.63) is 58.6 Å². The van der Waals surface area contributed by atoms with Crippen LogP contribution >= 0.6 is 11.6 Å². The summed E-state index contributed by atoms with van der Waals surface area (Å²) in [5.41, 5.74) is 1.91. The van der Waals surface area contributed by atoms with Crippen LogP contribution in [0.3, 0.4) is 0 Å². The van der Waals surface area contributed by atoms with Gasteiger partial charge in [-0.1, -0.05) is 29.8 Å². The minimum absolute atomic E-state index is 0.0176. The lowest BCUT2D eigenvalue weighted by Crippen LogP contribution is -2.50.